The average Bonchev–Trinajstić information content (AvgIpc) is 2.39. The topological polar surface area (TPSA) is 51.2 Å². The van der Waals surface area contributed by atoms with Crippen LogP contribution >= 0.6 is 0 Å². The van der Waals surface area contributed by atoms with Crippen molar-refractivity contribution in [3.63, 3.8) is 0 Å². The van der Waals surface area contributed by atoms with Gasteiger partial charge in [0.05, 0.1) is 9.80 Å². The van der Waals surface area contributed by atoms with E-state index in [0.29, 0.717) is 10.5 Å². The third kappa shape index (κ3) is 1.61. The maximum atomic E-state index is 11.9. The van der Waals surface area contributed by atoms with E-state index in [9.17, 15) is 13.2 Å². The van der Waals surface area contributed by atoms with E-state index in [1.54, 1.807) is 30.3 Å². The highest BCUT2D eigenvalue weighted by molar-refractivity contribution is 7.95. The van der Waals surface area contributed by atoms with Gasteiger partial charge in [-0.3, -0.25) is 4.79 Å². The lowest BCUT2D eigenvalue weighted by atomic mass is 10.2. The van der Waals surface area contributed by atoms with Crippen molar-refractivity contribution in [3.8, 4) is 0 Å². The van der Waals surface area contributed by atoms with Crippen molar-refractivity contribution >= 4 is 21.7 Å². The van der Waals surface area contributed by atoms with E-state index >= 15 is 0 Å². The van der Waals surface area contributed by atoms with Crippen molar-refractivity contribution in [2.75, 3.05) is 0 Å². The average molecular weight is 222 g/mol. The Morgan fingerprint density at radius 1 is 1.27 bits per heavy atom. The van der Waals surface area contributed by atoms with Crippen LogP contribution in [-0.4, -0.2) is 14.2 Å². The Morgan fingerprint density at radius 2 is 1.93 bits per heavy atom. The number of rotatable bonds is 2. The van der Waals surface area contributed by atoms with Crippen LogP contribution in [0, 0.1) is 0 Å². The van der Waals surface area contributed by atoms with Crippen LogP contribution in [0.3, 0.4) is 0 Å². The Hall–Kier alpha value is -1.42. The number of hydrogen-bond acceptors (Lipinski definition) is 3. The van der Waals surface area contributed by atoms with Crippen molar-refractivity contribution in [1.82, 2.24) is 0 Å². The second-order valence-electron chi connectivity index (χ2n) is 3.53. The lowest BCUT2D eigenvalue weighted by Gasteiger charge is -2.00. The largest absolute Gasteiger partial charge is 0.300 e. The molecule has 1 aromatic carbocycles. The summed E-state index contributed by atoms with van der Waals surface area (Å²) < 4.78 is 23.8. The number of benzene rings is 1. The van der Waals surface area contributed by atoms with Gasteiger partial charge in [0, 0.05) is 6.42 Å². The van der Waals surface area contributed by atoms with Gasteiger partial charge >= 0.3 is 0 Å². The van der Waals surface area contributed by atoms with Gasteiger partial charge in [-0.25, -0.2) is 8.42 Å². The van der Waals surface area contributed by atoms with E-state index in [4.69, 9.17) is 0 Å². The van der Waals surface area contributed by atoms with Gasteiger partial charge in [-0.05, 0) is 24.6 Å². The molecule has 2 rings (SSSR count). The molecule has 78 valence electrons. The summed E-state index contributed by atoms with van der Waals surface area (Å²) in [6, 6.07) is 6.76. The van der Waals surface area contributed by atoms with Crippen molar-refractivity contribution in [2.24, 2.45) is 0 Å². The highest BCUT2D eigenvalue weighted by Gasteiger charge is 2.29. The molecule has 0 amide bonds. The third-order valence-corrected chi connectivity index (χ3v) is 4.20. The highest BCUT2D eigenvalue weighted by Crippen LogP contribution is 2.34. The maximum Gasteiger partial charge on any atom is 0.203 e. The Kier molecular flexibility index (Phi) is 2.23. The zero-order valence-corrected chi connectivity index (χ0v) is 9.04. The molecule has 0 saturated carbocycles. The molecule has 1 aliphatic heterocycles. The molecule has 4 heteroatoms. The zero-order chi connectivity index (χ0) is 11.1. The van der Waals surface area contributed by atoms with Crippen molar-refractivity contribution in [2.45, 2.75) is 18.2 Å². The number of sulfone groups is 1. The second-order valence-corrected chi connectivity index (χ2v) is 5.50. The maximum absolute atomic E-state index is 11.9. The fraction of sp³-hybridized carbons (Fsp3) is 0.182. The quantitative estimate of drug-likeness (QED) is 0.766. The van der Waals surface area contributed by atoms with E-state index in [2.05, 4.69) is 0 Å². The molecule has 0 spiro atoms. The van der Waals surface area contributed by atoms with Crippen molar-refractivity contribution in [3.05, 3.63) is 34.7 Å². The predicted molar refractivity (Wildman–Crippen MR) is 56.9 cm³/mol. The first-order chi connectivity index (χ1) is 7.01. The first-order valence-corrected chi connectivity index (χ1v) is 6.04. The molecule has 15 heavy (non-hydrogen) atoms. The molecule has 0 bridgehead atoms. The molecule has 1 aliphatic rings. The molecule has 0 atom stereocenters. The molecule has 0 saturated heterocycles. The number of ketones is 1. The van der Waals surface area contributed by atoms with Gasteiger partial charge in [0.25, 0.3) is 0 Å². The lowest BCUT2D eigenvalue weighted by Crippen LogP contribution is -2.03. The predicted octanol–water partition coefficient (Wildman–Crippen LogP) is 1.79. The van der Waals surface area contributed by atoms with Crippen LogP contribution < -0.4 is 0 Å². The summed E-state index contributed by atoms with van der Waals surface area (Å²) in [5.74, 6) is -0.141. The summed E-state index contributed by atoms with van der Waals surface area (Å²) in [6.45, 7) is 1.39. The van der Waals surface area contributed by atoms with Crippen LogP contribution in [0.5, 0.6) is 0 Å². The van der Waals surface area contributed by atoms with Gasteiger partial charge in [-0.15, -0.1) is 0 Å². The molecule has 0 fully saturated rings. The number of allylic oxidation sites excluding steroid dienone is 1. The van der Waals surface area contributed by atoms with Crippen LogP contribution in [0.4, 0.5) is 0 Å². The van der Waals surface area contributed by atoms with Crippen molar-refractivity contribution < 1.29 is 13.2 Å². The number of fused-ring (bicyclic) bond motifs is 1. The van der Waals surface area contributed by atoms with Crippen LogP contribution in [0.15, 0.2) is 34.1 Å². The number of Topliss-reactive ketones (excluding diaryl/α,β-unsaturated/α-hetero) is 1. The normalized spacial score (nSPS) is 17.0. The molecule has 0 radical (unpaired) electrons. The molecule has 0 aromatic heterocycles. The summed E-state index contributed by atoms with van der Waals surface area (Å²) in [5, 5.41) is 0. The Bertz CT molecular complexity index is 553. The first kappa shape index (κ1) is 10.1. The van der Waals surface area contributed by atoms with Crippen LogP contribution in [0.25, 0.3) is 6.08 Å². The van der Waals surface area contributed by atoms with Gasteiger partial charge < -0.3 is 0 Å². The van der Waals surface area contributed by atoms with Crippen molar-refractivity contribution in [1.29, 1.82) is 0 Å². The number of carbonyl (C=O) groups excluding carboxylic acids is 1. The van der Waals surface area contributed by atoms with E-state index < -0.39 is 9.84 Å². The van der Waals surface area contributed by atoms with E-state index in [0.717, 1.165) is 0 Å². The standard InChI is InChI=1S/C11H10O3S/c1-8(12)6-10-7-9-4-2-3-5-11(9)15(10,13)14/h2-5,7H,6H2,1H3. The molecule has 1 aromatic rings. The summed E-state index contributed by atoms with van der Waals surface area (Å²) in [6.07, 6.45) is 1.56. The number of hydrogen-bond donors (Lipinski definition) is 0. The van der Waals surface area contributed by atoms with Gasteiger partial charge in [-0.2, -0.15) is 0 Å². The van der Waals surface area contributed by atoms with Gasteiger partial charge in [0.1, 0.15) is 5.78 Å². The minimum absolute atomic E-state index is 0.0169. The number of carbonyl (C=O) groups is 1. The second kappa shape index (κ2) is 3.31. The summed E-state index contributed by atoms with van der Waals surface area (Å²) in [5.41, 5.74) is 0.675. The summed E-state index contributed by atoms with van der Waals surface area (Å²) >= 11 is 0. The summed E-state index contributed by atoms with van der Waals surface area (Å²) in [4.78, 5) is 11.4. The van der Waals surface area contributed by atoms with Gasteiger partial charge in [-0.1, -0.05) is 18.2 Å². The molecule has 3 nitrogen and oxygen atoms in total. The zero-order valence-electron chi connectivity index (χ0n) is 8.23. The molecule has 0 N–H and O–H groups in total. The van der Waals surface area contributed by atoms with E-state index in [1.165, 1.54) is 6.92 Å². The Morgan fingerprint density at radius 3 is 2.53 bits per heavy atom. The molecular formula is C11H10O3S. The molecular weight excluding hydrogens is 212 g/mol. The molecule has 0 unspecified atom stereocenters. The third-order valence-electron chi connectivity index (χ3n) is 2.29. The van der Waals surface area contributed by atoms with Crippen LogP contribution in [0.2, 0.25) is 0 Å². The fourth-order valence-corrected chi connectivity index (χ4v) is 3.28. The van der Waals surface area contributed by atoms with Crippen LogP contribution in [-0.2, 0) is 14.6 Å². The Balaban J connectivity index is 2.54. The van der Waals surface area contributed by atoms with Gasteiger partial charge in [0.2, 0.25) is 9.84 Å². The minimum Gasteiger partial charge on any atom is -0.300 e. The minimum atomic E-state index is -3.40. The summed E-state index contributed by atoms with van der Waals surface area (Å²) in [7, 11) is -3.40. The Labute approximate surface area is 88.3 Å². The first-order valence-electron chi connectivity index (χ1n) is 4.56. The van der Waals surface area contributed by atoms with Gasteiger partial charge in [0.15, 0.2) is 0 Å². The SMILES string of the molecule is CC(=O)CC1=Cc2ccccc2S1(=O)=O. The van der Waals surface area contributed by atoms with E-state index in [1.807, 2.05) is 0 Å². The smallest absolute Gasteiger partial charge is 0.203 e. The highest BCUT2D eigenvalue weighted by atomic mass is 32.2. The lowest BCUT2D eigenvalue weighted by molar-refractivity contribution is -0.116. The van der Waals surface area contributed by atoms with Crippen LogP contribution in [0.1, 0.15) is 18.9 Å². The van der Waals surface area contributed by atoms with E-state index in [-0.39, 0.29) is 17.1 Å². The molecule has 0 aliphatic carbocycles. The molecule has 1 heterocycles. The fourth-order valence-electron chi connectivity index (χ4n) is 1.63. The monoisotopic (exact) mass is 222 g/mol.